The summed E-state index contributed by atoms with van der Waals surface area (Å²) in [6, 6.07) is 10.9. The molecule has 2 rings (SSSR count). The van der Waals surface area contributed by atoms with E-state index in [1.54, 1.807) is 25.1 Å². The van der Waals surface area contributed by atoms with Gasteiger partial charge in [-0.1, -0.05) is 18.2 Å². The lowest BCUT2D eigenvalue weighted by atomic mass is 10.2. The Balaban J connectivity index is 2.24. The Morgan fingerprint density at radius 2 is 1.68 bits per heavy atom. The van der Waals surface area contributed by atoms with Crippen LogP contribution in [-0.4, -0.2) is 19.2 Å². The standard InChI is InChI=1S/C14H12N2O5S/c1-10-4-2-3-5-13(10)22(20,21)15-14(17)11-6-8-12(9-7-11)16(18)19/h2-9H,1H3,(H,15,17). The molecule has 0 heterocycles. The highest BCUT2D eigenvalue weighted by Crippen LogP contribution is 2.16. The van der Waals surface area contributed by atoms with E-state index >= 15 is 0 Å². The van der Waals surface area contributed by atoms with Crippen molar-refractivity contribution in [2.45, 2.75) is 11.8 Å². The van der Waals surface area contributed by atoms with Gasteiger partial charge in [-0.05, 0) is 30.7 Å². The number of sulfonamides is 1. The number of rotatable bonds is 4. The molecule has 0 fully saturated rings. The Hall–Kier alpha value is -2.74. The Labute approximate surface area is 126 Å². The van der Waals surface area contributed by atoms with E-state index in [0.29, 0.717) is 5.56 Å². The van der Waals surface area contributed by atoms with E-state index in [9.17, 15) is 23.3 Å². The Morgan fingerprint density at radius 3 is 2.23 bits per heavy atom. The quantitative estimate of drug-likeness (QED) is 0.685. The molecule has 0 atom stereocenters. The van der Waals surface area contributed by atoms with Crippen molar-refractivity contribution in [3.63, 3.8) is 0 Å². The smallest absolute Gasteiger partial charge is 0.268 e. The summed E-state index contributed by atoms with van der Waals surface area (Å²) in [5, 5.41) is 10.5. The lowest BCUT2D eigenvalue weighted by Gasteiger charge is -2.09. The van der Waals surface area contributed by atoms with Gasteiger partial charge in [0, 0.05) is 17.7 Å². The molecule has 0 unspecified atom stereocenters. The molecule has 7 nitrogen and oxygen atoms in total. The second kappa shape index (κ2) is 5.94. The van der Waals surface area contributed by atoms with Crippen LogP contribution in [0.3, 0.4) is 0 Å². The van der Waals surface area contributed by atoms with Gasteiger partial charge in [-0.25, -0.2) is 13.1 Å². The lowest BCUT2D eigenvalue weighted by molar-refractivity contribution is -0.384. The van der Waals surface area contributed by atoms with Crippen molar-refractivity contribution < 1.29 is 18.1 Å². The number of hydrogen-bond donors (Lipinski definition) is 1. The number of nitrogens with zero attached hydrogens (tertiary/aromatic N) is 1. The van der Waals surface area contributed by atoms with Crippen molar-refractivity contribution in [3.8, 4) is 0 Å². The predicted molar refractivity (Wildman–Crippen MR) is 78.9 cm³/mol. The van der Waals surface area contributed by atoms with Crippen LogP contribution >= 0.6 is 0 Å². The third-order valence-electron chi connectivity index (χ3n) is 2.95. The van der Waals surface area contributed by atoms with Gasteiger partial charge in [0.05, 0.1) is 9.82 Å². The van der Waals surface area contributed by atoms with Crippen LogP contribution in [0.1, 0.15) is 15.9 Å². The molecule has 0 saturated carbocycles. The van der Waals surface area contributed by atoms with E-state index in [1.165, 1.54) is 18.2 Å². The number of nitro groups is 1. The first-order valence-corrected chi connectivity index (χ1v) is 7.67. The van der Waals surface area contributed by atoms with Gasteiger partial charge in [0.15, 0.2) is 0 Å². The van der Waals surface area contributed by atoms with Crippen molar-refractivity contribution >= 4 is 21.6 Å². The minimum atomic E-state index is -4.00. The number of nitrogens with one attached hydrogen (secondary N) is 1. The molecule has 0 saturated heterocycles. The molecule has 0 aliphatic rings. The van der Waals surface area contributed by atoms with E-state index in [4.69, 9.17) is 0 Å². The number of non-ortho nitro benzene ring substituents is 1. The van der Waals surface area contributed by atoms with E-state index < -0.39 is 20.9 Å². The summed E-state index contributed by atoms with van der Waals surface area (Å²) in [7, 11) is -4.00. The van der Waals surface area contributed by atoms with Gasteiger partial charge in [0.2, 0.25) is 0 Å². The molecule has 2 aromatic rings. The van der Waals surface area contributed by atoms with Crippen LogP contribution in [0.5, 0.6) is 0 Å². The van der Waals surface area contributed by atoms with Crippen LogP contribution in [-0.2, 0) is 10.0 Å². The average Bonchev–Trinajstić information content (AvgIpc) is 2.47. The van der Waals surface area contributed by atoms with E-state index in [2.05, 4.69) is 0 Å². The fourth-order valence-corrected chi connectivity index (χ4v) is 3.05. The van der Waals surface area contributed by atoms with E-state index in [1.807, 2.05) is 4.72 Å². The summed E-state index contributed by atoms with van der Waals surface area (Å²) in [6.07, 6.45) is 0. The maximum atomic E-state index is 12.2. The average molecular weight is 320 g/mol. The van der Waals surface area contributed by atoms with Gasteiger partial charge in [-0.2, -0.15) is 0 Å². The zero-order valence-corrected chi connectivity index (χ0v) is 12.3. The molecule has 1 amide bonds. The van der Waals surface area contributed by atoms with Crippen LogP contribution in [0.2, 0.25) is 0 Å². The monoisotopic (exact) mass is 320 g/mol. The SMILES string of the molecule is Cc1ccccc1S(=O)(=O)NC(=O)c1ccc([N+](=O)[O-])cc1. The van der Waals surface area contributed by atoms with Crippen molar-refractivity contribution in [2.75, 3.05) is 0 Å². The molecule has 114 valence electrons. The zero-order valence-electron chi connectivity index (χ0n) is 11.5. The second-order valence-corrected chi connectivity index (χ2v) is 6.15. The largest absolute Gasteiger partial charge is 0.269 e. The summed E-state index contributed by atoms with van der Waals surface area (Å²) < 4.78 is 26.3. The van der Waals surface area contributed by atoms with Crippen molar-refractivity contribution in [3.05, 3.63) is 69.8 Å². The Morgan fingerprint density at radius 1 is 1.09 bits per heavy atom. The summed E-state index contributed by atoms with van der Waals surface area (Å²) >= 11 is 0. The fourth-order valence-electron chi connectivity index (χ4n) is 1.83. The first-order chi connectivity index (χ1) is 10.3. The minimum absolute atomic E-state index is 0.00487. The van der Waals surface area contributed by atoms with Crippen LogP contribution in [0, 0.1) is 17.0 Å². The van der Waals surface area contributed by atoms with Crippen molar-refractivity contribution in [2.24, 2.45) is 0 Å². The number of amides is 1. The lowest BCUT2D eigenvalue weighted by Crippen LogP contribution is -2.31. The fraction of sp³-hybridized carbons (Fsp3) is 0.0714. The Kier molecular flexibility index (Phi) is 4.22. The topological polar surface area (TPSA) is 106 Å². The molecule has 0 aliphatic heterocycles. The van der Waals surface area contributed by atoms with Crippen LogP contribution < -0.4 is 4.72 Å². The molecule has 22 heavy (non-hydrogen) atoms. The Bertz CT molecular complexity index is 829. The zero-order chi connectivity index (χ0) is 16.3. The molecular weight excluding hydrogens is 308 g/mol. The third-order valence-corrected chi connectivity index (χ3v) is 4.44. The number of aryl methyl sites for hydroxylation is 1. The molecule has 0 bridgehead atoms. The number of nitro benzene ring substituents is 1. The number of benzene rings is 2. The van der Waals surface area contributed by atoms with Crippen molar-refractivity contribution in [1.29, 1.82) is 0 Å². The number of carbonyl (C=O) groups excluding carboxylic acids is 1. The highest BCUT2D eigenvalue weighted by molar-refractivity contribution is 7.90. The van der Waals surface area contributed by atoms with Crippen LogP contribution in [0.25, 0.3) is 0 Å². The second-order valence-electron chi connectivity index (χ2n) is 4.50. The summed E-state index contributed by atoms with van der Waals surface area (Å²) in [5.41, 5.74) is 0.340. The van der Waals surface area contributed by atoms with Crippen molar-refractivity contribution in [1.82, 2.24) is 4.72 Å². The molecule has 0 radical (unpaired) electrons. The van der Waals surface area contributed by atoms with Crippen LogP contribution in [0.15, 0.2) is 53.4 Å². The molecule has 0 aromatic heterocycles. The first-order valence-electron chi connectivity index (χ1n) is 6.18. The van der Waals surface area contributed by atoms with Gasteiger partial charge in [-0.15, -0.1) is 0 Å². The molecule has 2 aromatic carbocycles. The molecule has 8 heteroatoms. The highest BCUT2D eigenvalue weighted by atomic mass is 32.2. The van der Waals surface area contributed by atoms with E-state index in [0.717, 1.165) is 12.1 Å². The highest BCUT2D eigenvalue weighted by Gasteiger charge is 2.20. The maximum Gasteiger partial charge on any atom is 0.269 e. The molecule has 0 aliphatic carbocycles. The van der Waals surface area contributed by atoms with Gasteiger partial charge >= 0.3 is 0 Å². The van der Waals surface area contributed by atoms with Gasteiger partial charge < -0.3 is 0 Å². The van der Waals surface area contributed by atoms with Gasteiger partial charge in [-0.3, -0.25) is 14.9 Å². The maximum absolute atomic E-state index is 12.2. The van der Waals surface area contributed by atoms with E-state index in [-0.39, 0.29) is 16.1 Å². The number of carbonyl (C=O) groups is 1. The third kappa shape index (κ3) is 3.29. The van der Waals surface area contributed by atoms with Gasteiger partial charge in [0.1, 0.15) is 0 Å². The molecule has 1 N–H and O–H groups in total. The summed E-state index contributed by atoms with van der Waals surface area (Å²) in [4.78, 5) is 21.9. The van der Waals surface area contributed by atoms with Gasteiger partial charge in [0.25, 0.3) is 21.6 Å². The predicted octanol–water partition coefficient (Wildman–Crippen LogP) is 2.02. The number of hydrogen-bond acceptors (Lipinski definition) is 5. The first kappa shape index (κ1) is 15.6. The molecular formula is C14H12N2O5S. The summed E-state index contributed by atoms with van der Waals surface area (Å²) in [5.74, 6) is -0.849. The summed E-state index contributed by atoms with van der Waals surface area (Å²) in [6.45, 7) is 1.62. The normalized spacial score (nSPS) is 11.0. The minimum Gasteiger partial charge on any atom is -0.268 e. The van der Waals surface area contributed by atoms with Crippen LogP contribution in [0.4, 0.5) is 5.69 Å². The molecule has 0 spiro atoms.